The maximum absolute atomic E-state index is 13.7. The number of Topliss-reactive ketones (excluding diaryl/α,β-unsaturated/α-hetero) is 1. The molecular formula is C22H18N4O7. The van der Waals surface area contributed by atoms with Crippen LogP contribution in [0, 0.1) is 10.8 Å². The normalized spacial score (nSPS) is 29.7. The van der Waals surface area contributed by atoms with Gasteiger partial charge in [-0.25, -0.2) is 0 Å². The van der Waals surface area contributed by atoms with Crippen LogP contribution in [0.4, 0.5) is 5.69 Å². The van der Waals surface area contributed by atoms with Crippen molar-refractivity contribution in [2.75, 3.05) is 25.4 Å². The molecule has 0 spiro atoms. The van der Waals surface area contributed by atoms with Crippen molar-refractivity contribution in [2.24, 2.45) is 11.2 Å². The first kappa shape index (κ1) is 19.7. The number of carbonyl (C=O) groups is 3. The van der Waals surface area contributed by atoms with Crippen LogP contribution in [-0.2, 0) is 9.59 Å². The number of anilines is 1. The molecular weight excluding hydrogens is 432 g/mol. The van der Waals surface area contributed by atoms with Crippen LogP contribution in [0.2, 0.25) is 0 Å². The molecule has 4 aliphatic heterocycles. The van der Waals surface area contributed by atoms with E-state index in [1.165, 1.54) is 29.0 Å². The second kappa shape index (κ2) is 6.51. The van der Waals surface area contributed by atoms with Gasteiger partial charge in [-0.3, -0.25) is 14.4 Å². The number of para-hydroxylation sites is 1. The Morgan fingerprint density at radius 1 is 1.09 bits per heavy atom. The number of aliphatic hydroxyl groups is 1. The monoisotopic (exact) mass is 450 g/mol. The zero-order valence-corrected chi connectivity index (χ0v) is 17.4. The van der Waals surface area contributed by atoms with Gasteiger partial charge in [-0.15, -0.1) is 4.91 Å². The van der Waals surface area contributed by atoms with Gasteiger partial charge in [0.05, 0.1) is 17.5 Å². The van der Waals surface area contributed by atoms with Crippen LogP contribution in [0.15, 0.2) is 47.8 Å². The molecule has 4 heterocycles. The van der Waals surface area contributed by atoms with Gasteiger partial charge >= 0.3 is 0 Å². The number of rotatable bonds is 2. The fraction of sp³-hybridized carbons (Fsp3) is 0.318. The van der Waals surface area contributed by atoms with E-state index in [0.717, 1.165) is 5.01 Å². The van der Waals surface area contributed by atoms with E-state index < -0.39 is 41.3 Å². The van der Waals surface area contributed by atoms with Gasteiger partial charge in [0.2, 0.25) is 18.6 Å². The standard InChI is InChI=1S/C22H18N4O7/c1-24-9-16(27)25-18(21(24)29)17-19(28)12-4-2-3-5-13(12)26(23-31)22(17,30)20(25)11-6-7-14-15(8-11)33-10-32-14/h2-8,17-18,20,30H,9-10H2,1H3/t17?,18?,20-,22?/m1/s1. The molecule has 0 radical (unpaired) electrons. The summed E-state index contributed by atoms with van der Waals surface area (Å²) in [5, 5.41) is 16.1. The molecule has 0 saturated carbocycles. The molecule has 11 nitrogen and oxygen atoms in total. The minimum atomic E-state index is -2.30. The molecule has 2 fully saturated rings. The Balaban J connectivity index is 1.63. The van der Waals surface area contributed by atoms with Gasteiger partial charge in [-0.1, -0.05) is 18.2 Å². The van der Waals surface area contributed by atoms with Crippen molar-refractivity contribution < 1.29 is 29.0 Å². The van der Waals surface area contributed by atoms with Crippen LogP contribution in [0.1, 0.15) is 22.0 Å². The maximum atomic E-state index is 13.7. The number of likely N-dealkylation sites (N-methyl/N-ethyl adjacent to an activating group) is 1. The van der Waals surface area contributed by atoms with E-state index in [4.69, 9.17) is 9.47 Å². The smallest absolute Gasteiger partial charge is 0.246 e. The third-order valence-electron chi connectivity index (χ3n) is 6.86. The Bertz CT molecular complexity index is 1250. The Hall–Kier alpha value is -3.99. The lowest BCUT2D eigenvalue weighted by atomic mass is 9.77. The summed E-state index contributed by atoms with van der Waals surface area (Å²) in [6.07, 6.45) is 0. The van der Waals surface area contributed by atoms with Crippen molar-refractivity contribution >= 4 is 23.3 Å². The molecule has 1 N–H and O–H groups in total. The molecule has 4 aliphatic rings. The van der Waals surface area contributed by atoms with Crippen molar-refractivity contribution in [1.82, 2.24) is 9.80 Å². The van der Waals surface area contributed by atoms with Gasteiger partial charge in [-0.05, 0) is 29.8 Å². The van der Waals surface area contributed by atoms with Crippen LogP contribution in [0.5, 0.6) is 11.5 Å². The fourth-order valence-electron chi connectivity index (χ4n) is 5.49. The highest BCUT2D eigenvalue weighted by Gasteiger charge is 2.72. The first-order valence-corrected chi connectivity index (χ1v) is 10.3. The molecule has 168 valence electrons. The number of carbonyl (C=O) groups excluding carboxylic acids is 3. The first-order chi connectivity index (χ1) is 15.9. The predicted octanol–water partition coefficient (Wildman–Crippen LogP) is 0.828. The molecule has 3 unspecified atom stereocenters. The lowest BCUT2D eigenvalue weighted by Gasteiger charge is -2.43. The number of fused-ring (bicyclic) bond motifs is 5. The van der Waals surface area contributed by atoms with Gasteiger partial charge in [0.25, 0.3) is 0 Å². The van der Waals surface area contributed by atoms with Gasteiger partial charge in [0.1, 0.15) is 18.0 Å². The summed E-state index contributed by atoms with van der Waals surface area (Å²) in [5.74, 6) is -2.07. The Kier molecular flexibility index (Phi) is 3.88. The van der Waals surface area contributed by atoms with E-state index in [1.807, 2.05) is 0 Å². The maximum Gasteiger partial charge on any atom is 0.246 e. The van der Waals surface area contributed by atoms with Crippen molar-refractivity contribution in [1.29, 1.82) is 0 Å². The third-order valence-corrected chi connectivity index (χ3v) is 6.86. The molecule has 6 rings (SSSR count). The molecule has 2 aromatic carbocycles. The fourth-order valence-corrected chi connectivity index (χ4v) is 5.49. The third kappa shape index (κ3) is 2.34. The predicted molar refractivity (Wildman–Crippen MR) is 111 cm³/mol. The van der Waals surface area contributed by atoms with Gasteiger partial charge in [-0.2, -0.15) is 5.01 Å². The highest BCUT2D eigenvalue weighted by atomic mass is 16.7. The molecule has 0 aromatic heterocycles. The number of ether oxygens (including phenoxy) is 2. The average molecular weight is 450 g/mol. The summed E-state index contributed by atoms with van der Waals surface area (Å²) in [7, 11) is 1.46. The summed E-state index contributed by atoms with van der Waals surface area (Å²) in [6, 6.07) is 8.47. The Morgan fingerprint density at radius 2 is 1.85 bits per heavy atom. The van der Waals surface area contributed by atoms with Crippen LogP contribution in [0.25, 0.3) is 0 Å². The largest absolute Gasteiger partial charge is 0.454 e. The number of benzene rings is 2. The quantitative estimate of drug-likeness (QED) is 0.666. The van der Waals surface area contributed by atoms with Crippen LogP contribution in [-0.4, -0.2) is 64.7 Å². The van der Waals surface area contributed by atoms with Gasteiger partial charge in [0.15, 0.2) is 23.0 Å². The summed E-state index contributed by atoms with van der Waals surface area (Å²) in [6.45, 7) is -0.215. The van der Waals surface area contributed by atoms with Crippen molar-refractivity contribution in [3.05, 3.63) is 58.5 Å². The van der Waals surface area contributed by atoms with E-state index in [9.17, 15) is 24.4 Å². The second-order valence-electron chi connectivity index (χ2n) is 8.49. The molecule has 4 atom stereocenters. The first-order valence-electron chi connectivity index (χ1n) is 10.3. The minimum Gasteiger partial charge on any atom is -0.454 e. The summed E-state index contributed by atoms with van der Waals surface area (Å²) >= 11 is 0. The molecule has 2 saturated heterocycles. The topological polar surface area (TPSA) is 129 Å². The second-order valence-corrected chi connectivity index (χ2v) is 8.49. The number of nitrogens with zero attached hydrogens (tertiary/aromatic N) is 4. The summed E-state index contributed by atoms with van der Waals surface area (Å²) < 4.78 is 10.8. The molecule has 2 amide bonds. The van der Waals surface area contributed by atoms with E-state index in [-0.39, 0.29) is 24.6 Å². The zero-order valence-electron chi connectivity index (χ0n) is 17.4. The van der Waals surface area contributed by atoms with Crippen LogP contribution < -0.4 is 14.5 Å². The number of piperazine rings is 1. The van der Waals surface area contributed by atoms with Gasteiger partial charge < -0.3 is 24.4 Å². The number of ketones is 1. The van der Waals surface area contributed by atoms with Gasteiger partial charge in [0, 0.05) is 12.6 Å². The SMILES string of the molecule is CN1CC(=O)N2C(C1=O)C1C(=O)c3ccccc3N(N=O)C1(O)[C@H]2c1ccc2c(c1)OCO2. The van der Waals surface area contributed by atoms with Crippen LogP contribution in [0.3, 0.4) is 0 Å². The number of amides is 2. The lowest BCUT2D eigenvalue weighted by Crippen LogP contribution is -2.61. The molecule has 0 bridgehead atoms. The lowest BCUT2D eigenvalue weighted by molar-refractivity contribution is -0.155. The molecule has 33 heavy (non-hydrogen) atoms. The number of hydrogen-bond acceptors (Lipinski definition) is 8. The molecule has 2 aromatic rings. The summed E-state index contributed by atoms with van der Waals surface area (Å²) in [4.78, 5) is 54.7. The van der Waals surface area contributed by atoms with E-state index in [0.29, 0.717) is 17.1 Å². The van der Waals surface area contributed by atoms with Crippen molar-refractivity contribution in [3.8, 4) is 11.5 Å². The highest BCUT2D eigenvalue weighted by Crippen LogP contribution is 2.57. The van der Waals surface area contributed by atoms with E-state index >= 15 is 0 Å². The number of nitroso groups, excluding NO2 is 1. The average Bonchev–Trinajstić information content (AvgIpc) is 3.38. The van der Waals surface area contributed by atoms with E-state index in [2.05, 4.69) is 5.29 Å². The Labute approximate surface area is 187 Å². The molecule has 11 heteroatoms. The zero-order chi connectivity index (χ0) is 23.1. The minimum absolute atomic E-state index is 0.0127. The van der Waals surface area contributed by atoms with E-state index in [1.54, 1.807) is 30.3 Å². The number of hydrogen-bond donors (Lipinski definition) is 1. The van der Waals surface area contributed by atoms with Crippen molar-refractivity contribution in [3.63, 3.8) is 0 Å². The highest BCUT2D eigenvalue weighted by molar-refractivity contribution is 6.10. The van der Waals surface area contributed by atoms with Crippen molar-refractivity contribution in [2.45, 2.75) is 17.8 Å². The summed E-state index contributed by atoms with van der Waals surface area (Å²) in [5.41, 5.74) is -1.68. The van der Waals surface area contributed by atoms with Crippen LogP contribution >= 0.6 is 0 Å². The molecule has 0 aliphatic carbocycles. The Morgan fingerprint density at radius 3 is 2.64 bits per heavy atom.